The molecule has 20 heavy (non-hydrogen) atoms. The summed E-state index contributed by atoms with van der Waals surface area (Å²) in [5.41, 5.74) is 8.35. The number of imidazole rings is 1. The van der Waals surface area contributed by atoms with Crippen LogP contribution in [0.5, 0.6) is 0 Å². The van der Waals surface area contributed by atoms with E-state index >= 15 is 0 Å². The number of hydrogen-bond donors (Lipinski definition) is 1. The van der Waals surface area contributed by atoms with Crippen LogP contribution < -0.4 is 5.73 Å². The second kappa shape index (κ2) is 4.77. The first-order chi connectivity index (χ1) is 9.70. The van der Waals surface area contributed by atoms with Crippen molar-refractivity contribution in [3.8, 4) is 11.4 Å². The zero-order chi connectivity index (χ0) is 14.1. The number of amides is 1. The van der Waals surface area contributed by atoms with E-state index in [1.165, 1.54) is 0 Å². The summed E-state index contributed by atoms with van der Waals surface area (Å²) in [6.07, 6.45) is 1.75. The van der Waals surface area contributed by atoms with E-state index in [-0.39, 0.29) is 0 Å². The molecule has 0 aliphatic rings. The second-order valence-electron chi connectivity index (χ2n) is 4.47. The Morgan fingerprint density at radius 2 is 2.15 bits per heavy atom. The molecule has 3 rings (SSSR count). The number of rotatable bonds is 3. The number of carbonyl (C=O) groups is 1. The van der Waals surface area contributed by atoms with E-state index in [0.29, 0.717) is 5.56 Å². The Bertz CT molecular complexity index is 791. The van der Waals surface area contributed by atoms with Crippen molar-refractivity contribution < 1.29 is 4.79 Å². The quantitative estimate of drug-likeness (QED) is 0.789. The molecule has 1 aromatic carbocycles. The van der Waals surface area contributed by atoms with Crippen LogP contribution in [0.25, 0.3) is 22.6 Å². The summed E-state index contributed by atoms with van der Waals surface area (Å²) in [7, 11) is 0. The van der Waals surface area contributed by atoms with Crippen molar-refractivity contribution in [2.24, 2.45) is 5.73 Å². The maximum Gasteiger partial charge on any atom is 0.248 e. The summed E-state index contributed by atoms with van der Waals surface area (Å²) >= 11 is 0. The lowest BCUT2D eigenvalue weighted by Gasteiger charge is -2.06. The molecule has 5 nitrogen and oxygen atoms in total. The van der Waals surface area contributed by atoms with Gasteiger partial charge in [0.2, 0.25) is 5.91 Å². The summed E-state index contributed by atoms with van der Waals surface area (Å²) in [4.78, 5) is 20.3. The van der Waals surface area contributed by atoms with Crippen LogP contribution in [-0.4, -0.2) is 20.4 Å². The molecule has 2 heterocycles. The van der Waals surface area contributed by atoms with Gasteiger partial charge in [-0.1, -0.05) is 12.1 Å². The van der Waals surface area contributed by atoms with Gasteiger partial charge in [-0.25, -0.2) is 9.97 Å². The van der Waals surface area contributed by atoms with E-state index in [1.807, 2.05) is 35.8 Å². The van der Waals surface area contributed by atoms with Crippen LogP contribution >= 0.6 is 0 Å². The third-order valence-electron chi connectivity index (χ3n) is 3.23. The van der Waals surface area contributed by atoms with Crippen LogP contribution in [0.15, 0.2) is 42.6 Å². The van der Waals surface area contributed by atoms with Gasteiger partial charge in [0.05, 0.1) is 0 Å². The molecule has 0 saturated heterocycles. The van der Waals surface area contributed by atoms with E-state index in [2.05, 4.69) is 9.97 Å². The molecular weight excluding hydrogens is 252 g/mol. The molecule has 0 saturated carbocycles. The number of aromatic nitrogens is 3. The molecular formula is C15H14N4O. The average molecular weight is 266 g/mol. The van der Waals surface area contributed by atoms with Crippen LogP contribution in [-0.2, 0) is 6.54 Å². The fraction of sp³-hybridized carbons (Fsp3) is 0.133. The van der Waals surface area contributed by atoms with Crippen LogP contribution in [0.1, 0.15) is 17.3 Å². The van der Waals surface area contributed by atoms with Crippen LogP contribution in [0.3, 0.4) is 0 Å². The lowest BCUT2D eigenvalue weighted by Crippen LogP contribution is -2.10. The van der Waals surface area contributed by atoms with Gasteiger partial charge in [0.25, 0.3) is 0 Å². The lowest BCUT2D eigenvalue weighted by atomic mass is 10.1. The van der Waals surface area contributed by atoms with Gasteiger partial charge in [-0.2, -0.15) is 0 Å². The van der Waals surface area contributed by atoms with Gasteiger partial charge in [-0.15, -0.1) is 0 Å². The molecule has 0 bridgehead atoms. The third-order valence-corrected chi connectivity index (χ3v) is 3.23. The number of benzene rings is 1. The second-order valence-corrected chi connectivity index (χ2v) is 4.47. The molecule has 1 amide bonds. The minimum atomic E-state index is -0.441. The Morgan fingerprint density at radius 1 is 1.30 bits per heavy atom. The van der Waals surface area contributed by atoms with E-state index < -0.39 is 5.91 Å². The first-order valence-corrected chi connectivity index (χ1v) is 6.42. The number of pyridine rings is 1. The highest BCUT2D eigenvalue weighted by atomic mass is 16.1. The van der Waals surface area contributed by atoms with Crippen molar-refractivity contribution in [3.05, 3.63) is 48.2 Å². The number of carbonyl (C=O) groups excluding carboxylic acids is 1. The molecule has 100 valence electrons. The Labute approximate surface area is 116 Å². The highest BCUT2D eigenvalue weighted by Gasteiger charge is 2.13. The van der Waals surface area contributed by atoms with Crippen molar-refractivity contribution in [2.45, 2.75) is 13.5 Å². The molecule has 2 aromatic heterocycles. The Hall–Kier alpha value is -2.69. The third kappa shape index (κ3) is 1.93. The number of nitrogens with zero attached hydrogens (tertiary/aromatic N) is 3. The van der Waals surface area contributed by atoms with Crippen molar-refractivity contribution in [2.75, 3.05) is 0 Å². The summed E-state index contributed by atoms with van der Waals surface area (Å²) < 4.78 is 2.02. The summed E-state index contributed by atoms with van der Waals surface area (Å²) in [5, 5.41) is 0. The SMILES string of the molecule is CCn1c(-c2cccc(C(N)=O)c2)nc2cccnc21. The van der Waals surface area contributed by atoms with Crippen LogP contribution in [0.2, 0.25) is 0 Å². The lowest BCUT2D eigenvalue weighted by molar-refractivity contribution is 0.100. The molecule has 0 radical (unpaired) electrons. The van der Waals surface area contributed by atoms with Crippen molar-refractivity contribution in [1.82, 2.24) is 14.5 Å². The predicted molar refractivity (Wildman–Crippen MR) is 77.2 cm³/mol. The average Bonchev–Trinajstić information content (AvgIpc) is 2.86. The minimum absolute atomic E-state index is 0.441. The molecule has 0 aliphatic heterocycles. The van der Waals surface area contributed by atoms with Gasteiger partial charge in [-0.05, 0) is 31.2 Å². The molecule has 0 atom stereocenters. The molecule has 0 spiro atoms. The number of aryl methyl sites for hydroxylation is 1. The monoisotopic (exact) mass is 266 g/mol. The fourth-order valence-electron chi connectivity index (χ4n) is 2.29. The first kappa shape index (κ1) is 12.3. The van der Waals surface area contributed by atoms with Gasteiger partial charge >= 0.3 is 0 Å². The highest BCUT2D eigenvalue weighted by molar-refractivity contribution is 5.94. The zero-order valence-electron chi connectivity index (χ0n) is 11.1. The van der Waals surface area contributed by atoms with E-state index in [1.54, 1.807) is 18.3 Å². The normalized spacial score (nSPS) is 10.8. The Morgan fingerprint density at radius 3 is 2.90 bits per heavy atom. The van der Waals surface area contributed by atoms with Gasteiger partial charge in [0, 0.05) is 23.9 Å². The van der Waals surface area contributed by atoms with E-state index in [9.17, 15) is 4.79 Å². The number of fused-ring (bicyclic) bond motifs is 1. The summed E-state index contributed by atoms with van der Waals surface area (Å²) in [6, 6.07) is 11.0. The standard InChI is InChI=1S/C15H14N4O/c1-2-19-14(18-12-7-4-8-17-15(12)19)11-6-3-5-10(9-11)13(16)20/h3-9H,2H2,1H3,(H2,16,20). The zero-order valence-corrected chi connectivity index (χ0v) is 11.1. The fourth-order valence-corrected chi connectivity index (χ4v) is 2.29. The number of nitrogens with two attached hydrogens (primary N) is 1. The van der Waals surface area contributed by atoms with E-state index in [4.69, 9.17) is 5.73 Å². The Balaban J connectivity index is 2.23. The summed E-state index contributed by atoms with van der Waals surface area (Å²) in [5.74, 6) is 0.355. The van der Waals surface area contributed by atoms with Gasteiger partial charge in [-0.3, -0.25) is 4.79 Å². The topological polar surface area (TPSA) is 73.8 Å². The summed E-state index contributed by atoms with van der Waals surface area (Å²) in [6.45, 7) is 2.79. The largest absolute Gasteiger partial charge is 0.366 e. The maximum absolute atomic E-state index is 11.3. The first-order valence-electron chi connectivity index (χ1n) is 6.42. The smallest absolute Gasteiger partial charge is 0.248 e. The van der Waals surface area contributed by atoms with Gasteiger partial charge < -0.3 is 10.3 Å². The van der Waals surface area contributed by atoms with E-state index in [0.717, 1.165) is 29.1 Å². The molecule has 5 heteroatoms. The minimum Gasteiger partial charge on any atom is -0.366 e. The van der Waals surface area contributed by atoms with Gasteiger partial charge in [0.1, 0.15) is 11.3 Å². The van der Waals surface area contributed by atoms with Crippen LogP contribution in [0, 0.1) is 0 Å². The Kier molecular flexibility index (Phi) is 2.95. The van der Waals surface area contributed by atoms with Crippen LogP contribution in [0.4, 0.5) is 0 Å². The number of primary amides is 1. The van der Waals surface area contributed by atoms with Crippen molar-refractivity contribution in [3.63, 3.8) is 0 Å². The van der Waals surface area contributed by atoms with Gasteiger partial charge in [0.15, 0.2) is 5.65 Å². The molecule has 0 unspecified atom stereocenters. The van der Waals surface area contributed by atoms with Crippen molar-refractivity contribution >= 4 is 17.1 Å². The molecule has 2 N–H and O–H groups in total. The number of hydrogen-bond acceptors (Lipinski definition) is 3. The molecule has 0 aliphatic carbocycles. The van der Waals surface area contributed by atoms with Crippen molar-refractivity contribution in [1.29, 1.82) is 0 Å². The maximum atomic E-state index is 11.3. The highest BCUT2D eigenvalue weighted by Crippen LogP contribution is 2.24. The molecule has 3 aromatic rings. The predicted octanol–water partition coefficient (Wildman–Crippen LogP) is 2.22. The molecule has 0 fully saturated rings.